The van der Waals surface area contributed by atoms with Crippen molar-refractivity contribution in [3.8, 4) is 5.88 Å². The Morgan fingerprint density at radius 2 is 2.21 bits per heavy atom. The SMILES string of the molecule is CN(C)c1ccc(O[C@@H]2CCN(C(=O)Cc3cccnc3)C2)nn1. The Hall–Kier alpha value is -2.70. The number of ether oxygens (including phenoxy) is 1. The second-order valence-corrected chi connectivity index (χ2v) is 6.03. The highest BCUT2D eigenvalue weighted by atomic mass is 16.5. The second-order valence-electron chi connectivity index (χ2n) is 6.03. The summed E-state index contributed by atoms with van der Waals surface area (Å²) >= 11 is 0. The maximum absolute atomic E-state index is 12.3. The van der Waals surface area contributed by atoms with Crippen molar-refractivity contribution < 1.29 is 9.53 Å². The summed E-state index contributed by atoms with van der Waals surface area (Å²) in [6, 6.07) is 7.43. The van der Waals surface area contributed by atoms with Crippen LogP contribution in [0.4, 0.5) is 5.82 Å². The van der Waals surface area contributed by atoms with Crippen LogP contribution in [-0.4, -0.2) is 59.3 Å². The quantitative estimate of drug-likeness (QED) is 0.821. The van der Waals surface area contributed by atoms with E-state index in [4.69, 9.17) is 4.74 Å². The lowest BCUT2D eigenvalue weighted by Gasteiger charge is -2.17. The van der Waals surface area contributed by atoms with E-state index in [1.807, 2.05) is 48.2 Å². The minimum Gasteiger partial charge on any atom is -0.471 e. The summed E-state index contributed by atoms with van der Waals surface area (Å²) in [7, 11) is 3.82. The van der Waals surface area contributed by atoms with Gasteiger partial charge in [-0.2, -0.15) is 0 Å². The number of carbonyl (C=O) groups is 1. The largest absolute Gasteiger partial charge is 0.471 e. The lowest BCUT2D eigenvalue weighted by Crippen LogP contribution is -2.32. The van der Waals surface area contributed by atoms with Crippen LogP contribution in [0.5, 0.6) is 5.88 Å². The van der Waals surface area contributed by atoms with Gasteiger partial charge in [0.2, 0.25) is 11.8 Å². The topological polar surface area (TPSA) is 71.5 Å². The van der Waals surface area contributed by atoms with Crippen molar-refractivity contribution in [2.24, 2.45) is 0 Å². The molecule has 1 atom stereocenters. The molecule has 2 aromatic rings. The van der Waals surface area contributed by atoms with E-state index < -0.39 is 0 Å². The molecule has 7 heteroatoms. The van der Waals surface area contributed by atoms with Gasteiger partial charge in [-0.05, 0) is 17.7 Å². The number of pyridine rings is 1. The molecule has 1 aliphatic rings. The van der Waals surface area contributed by atoms with E-state index in [-0.39, 0.29) is 12.0 Å². The van der Waals surface area contributed by atoms with E-state index in [0.29, 0.717) is 25.4 Å². The summed E-state index contributed by atoms with van der Waals surface area (Å²) in [4.78, 5) is 20.1. The number of hydrogen-bond donors (Lipinski definition) is 0. The number of rotatable bonds is 5. The normalized spacial score (nSPS) is 16.9. The molecule has 0 spiro atoms. The number of likely N-dealkylation sites (tertiary alicyclic amines) is 1. The molecule has 126 valence electrons. The molecule has 0 saturated carbocycles. The van der Waals surface area contributed by atoms with Crippen molar-refractivity contribution in [1.82, 2.24) is 20.1 Å². The van der Waals surface area contributed by atoms with Gasteiger partial charge in [-0.15, -0.1) is 10.2 Å². The Bertz CT molecular complexity index is 675. The van der Waals surface area contributed by atoms with Gasteiger partial charge in [-0.25, -0.2) is 0 Å². The number of hydrogen-bond acceptors (Lipinski definition) is 6. The summed E-state index contributed by atoms with van der Waals surface area (Å²) in [6.45, 7) is 1.28. The average Bonchev–Trinajstić information content (AvgIpc) is 3.05. The van der Waals surface area contributed by atoms with Crippen LogP contribution in [0.2, 0.25) is 0 Å². The van der Waals surface area contributed by atoms with Crippen molar-refractivity contribution >= 4 is 11.7 Å². The number of nitrogens with zero attached hydrogens (tertiary/aromatic N) is 5. The maximum atomic E-state index is 12.3. The highest BCUT2D eigenvalue weighted by Crippen LogP contribution is 2.18. The predicted octanol–water partition coefficient (Wildman–Crippen LogP) is 1.16. The Balaban J connectivity index is 1.52. The third kappa shape index (κ3) is 3.98. The summed E-state index contributed by atoms with van der Waals surface area (Å²) in [5.74, 6) is 1.37. The third-order valence-corrected chi connectivity index (χ3v) is 3.95. The van der Waals surface area contributed by atoms with Crippen molar-refractivity contribution in [3.63, 3.8) is 0 Å². The molecule has 0 aromatic carbocycles. The summed E-state index contributed by atoms with van der Waals surface area (Å²) in [5.41, 5.74) is 0.928. The number of aromatic nitrogens is 3. The van der Waals surface area contributed by atoms with E-state index >= 15 is 0 Å². The number of carbonyl (C=O) groups excluding carboxylic acids is 1. The maximum Gasteiger partial charge on any atom is 0.233 e. The molecule has 1 aliphatic heterocycles. The van der Waals surface area contributed by atoms with E-state index in [1.54, 1.807) is 12.4 Å². The molecular formula is C17H21N5O2. The molecule has 1 fully saturated rings. The van der Waals surface area contributed by atoms with E-state index in [1.165, 1.54) is 0 Å². The molecule has 3 heterocycles. The van der Waals surface area contributed by atoms with Gasteiger partial charge in [0.25, 0.3) is 0 Å². The van der Waals surface area contributed by atoms with Gasteiger partial charge in [0.05, 0.1) is 13.0 Å². The molecule has 1 saturated heterocycles. The molecule has 1 amide bonds. The number of anilines is 1. The highest BCUT2D eigenvalue weighted by molar-refractivity contribution is 5.79. The van der Waals surface area contributed by atoms with Crippen molar-refractivity contribution in [2.75, 3.05) is 32.1 Å². The fourth-order valence-corrected chi connectivity index (χ4v) is 2.63. The fraction of sp³-hybridized carbons (Fsp3) is 0.412. The second kappa shape index (κ2) is 7.25. The molecule has 0 unspecified atom stereocenters. The van der Waals surface area contributed by atoms with Gasteiger partial charge < -0.3 is 14.5 Å². The Kier molecular flexibility index (Phi) is 4.88. The van der Waals surface area contributed by atoms with Crippen LogP contribution in [0, 0.1) is 0 Å². The summed E-state index contributed by atoms with van der Waals surface area (Å²) < 4.78 is 5.84. The van der Waals surface area contributed by atoms with Gasteiger partial charge in [0.15, 0.2) is 5.82 Å². The first-order valence-electron chi connectivity index (χ1n) is 7.96. The molecule has 0 N–H and O–H groups in total. The van der Waals surface area contributed by atoms with E-state index in [9.17, 15) is 4.79 Å². The molecule has 3 rings (SSSR count). The highest BCUT2D eigenvalue weighted by Gasteiger charge is 2.27. The third-order valence-electron chi connectivity index (χ3n) is 3.95. The Morgan fingerprint density at radius 3 is 2.88 bits per heavy atom. The van der Waals surface area contributed by atoms with Gasteiger partial charge in [0, 0.05) is 45.5 Å². The zero-order valence-corrected chi connectivity index (χ0v) is 13.9. The minimum absolute atomic E-state index is 0.0395. The summed E-state index contributed by atoms with van der Waals surface area (Å²) in [5, 5.41) is 8.17. The fourth-order valence-electron chi connectivity index (χ4n) is 2.63. The monoisotopic (exact) mass is 327 g/mol. The lowest BCUT2D eigenvalue weighted by atomic mass is 10.2. The van der Waals surface area contributed by atoms with Crippen LogP contribution in [0.25, 0.3) is 0 Å². The first kappa shape index (κ1) is 16.2. The molecule has 7 nitrogen and oxygen atoms in total. The predicted molar refractivity (Wildman–Crippen MR) is 89.9 cm³/mol. The van der Waals surface area contributed by atoms with Crippen LogP contribution < -0.4 is 9.64 Å². The summed E-state index contributed by atoms with van der Waals surface area (Å²) in [6.07, 6.45) is 4.57. The average molecular weight is 327 g/mol. The molecule has 0 aliphatic carbocycles. The van der Waals surface area contributed by atoms with Crippen molar-refractivity contribution in [1.29, 1.82) is 0 Å². The minimum atomic E-state index is -0.0395. The van der Waals surface area contributed by atoms with E-state index in [0.717, 1.165) is 17.8 Å². The first-order chi connectivity index (χ1) is 11.6. The Labute approximate surface area is 141 Å². The van der Waals surface area contributed by atoms with E-state index in [2.05, 4.69) is 15.2 Å². The Morgan fingerprint density at radius 1 is 1.33 bits per heavy atom. The zero-order valence-electron chi connectivity index (χ0n) is 13.9. The molecule has 24 heavy (non-hydrogen) atoms. The van der Waals surface area contributed by atoms with Crippen LogP contribution in [0.3, 0.4) is 0 Å². The zero-order chi connectivity index (χ0) is 16.9. The lowest BCUT2D eigenvalue weighted by molar-refractivity contribution is -0.129. The van der Waals surface area contributed by atoms with Crippen molar-refractivity contribution in [2.45, 2.75) is 18.9 Å². The van der Waals surface area contributed by atoms with Crippen molar-refractivity contribution in [3.05, 3.63) is 42.2 Å². The molecule has 0 bridgehead atoms. The molecule has 0 radical (unpaired) electrons. The van der Waals surface area contributed by atoms with Crippen LogP contribution in [-0.2, 0) is 11.2 Å². The molecular weight excluding hydrogens is 306 g/mol. The van der Waals surface area contributed by atoms with Gasteiger partial charge in [0.1, 0.15) is 6.10 Å². The first-order valence-corrected chi connectivity index (χ1v) is 7.96. The van der Waals surface area contributed by atoms with Gasteiger partial charge in [-0.1, -0.05) is 6.07 Å². The van der Waals surface area contributed by atoms with Crippen LogP contribution in [0.15, 0.2) is 36.7 Å². The smallest absolute Gasteiger partial charge is 0.233 e. The van der Waals surface area contributed by atoms with Crippen LogP contribution in [0.1, 0.15) is 12.0 Å². The number of amides is 1. The van der Waals surface area contributed by atoms with Gasteiger partial charge >= 0.3 is 0 Å². The van der Waals surface area contributed by atoms with Crippen LogP contribution >= 0.6 is 0 Å². The van der Waals surface area contributed by atoms with Gasteiger partial charge in [-0.3, -0.25) is 9.78 Å². The standard InChI is InChI=1S/C17H21N5O2/c1-21(2)15-5-6-16(20-19-15)24-14-7-9-22(12-14)17(23)10-13-4-3-8-18-11-13/h3-6,8,11,14H,7,9-10,12H2,1-2H3/t14-/m1/s1. The molecule has 2 aromatic heterocycles.